The summed E-state index contributed by atoms with van der Waals surface area (Å²) in [5.41, 5.74) is 2.19. The second kappa shape index (κ2) is 8.85. The summed E-state index contributed by atoms with van der Waals surface area (Å²) in [6, 6.07) is 4.12. The van der Waals surface area contributed by atoms with Crippen molar-refractivity contribution in [2.24, 2.45) is 0 Å². The molecule has 0 bridgehead atoms. The predicted molar refractivity (Wildman–Crippen MR) is 73.0 cm³/mol. The van der Waals surface area contributed by atoms with Crippen LogP contribution in [0.25, 0.3) is 0 Å². The van der Waals surface area contributed by atoms with Crippen LogP contribution in [0.1, 0.15) is 5.69 Å². The van der Waals surface area contributed by atoms with Gasteiger partial charge in [0, 0.05) is 45.7 Å². The van der Waals surface area contributed by atoms with E-state index in [0.29, 0.717) is 13.2 Å². The lowest BCUT2D eigenvalue weighted by Crippen LogP contribution is -2.30. The summed E-state index contributed by atoms with van der Waals surface area (Å²) in [5, 5.41) is 3.11. The molecule has 0 spiro atoms. The normalized spacial score (nSPS) is 10.6. The summed E-state index contributed by atoms with van der Waals surface area (Å²) in [5.74, 6) is 0. The summed E-state index contributed by atoms with van der Waals surface area (Å²) in [7, 11) is 5.35. The highest BCUT2D eigenvalue weighted by Crippen LogP contribution is 2.14. The second-order valence-corrected chi connectivity index (χ2v) is 4.01. The molecular formula is C13H23N3O2. The van der Waals surface area contributed by atoms with Crippen LogP contribution < -0.4 is 10.2 Å². The third-order valence-corrected chi connectivity index (χ3v) is 2.65. The molecule has 0 aliphatic carbocycles. The molecule has 1 heterocycles. The SMILES string of the molecule is CNCc1cc(N(CCOC)CCOC)ccn1. The van der Waals surface area contributed by atoms with Crippen LogP contribution in [-0.4, -0.2) is 52.6 Å². The Morgan fingerprint density at radius 2 is 1.89 bits per heavy atom. The Balaban J connectivity index is 2.72. The number of ether oxygens (including phenoxy) is 2. The topological polar surface area (TPSA) is 46.6 Å². The van der Waals surface area contributed by atoms with Crippen LogP contribution in [0.2, 0.25) is 0 Å². The van der Waals surface area contributed by atoms with E-state index in [2.05, 4.69) is 21.3 Å². The number of nitrogens with one attached hydrogen (secondary N) is 1. The number of methoxy groups -OCH3 is 2. The van der Waals surface area contributed by atoms with Crippen LogP contribution in [0.15, 0.2) is 18.3 Å². The fourth-order valence-electron chi connectivity index (χ4n) is 1.71. The predicted octanol–water partition coefficient (Wildman–Crippen LogP) is 0.900. The Bertz CT molecular complexity index is 326. The van der Waals surface area contributed by atoms with Gasteiger partial charge in [-0.05, 0) is 19.2 Å². The van der Waals surface area contributed by atoms with Gasteiger partial charge in [-0.15, -0.1) is 0 Å². The van der Waals surface area contributed by atoms with Crippen LogP contribution in [0.4, 0.5) is 5.69 Å². The molecule has 5 nitrogen and oxygen atoms in total. The Morgan fingerprint density at radius 3 is 2.44 bits per heavy atom. The van der Waals surface area contributed by atoms with Crippen molar-refractivity contribution >= 4 is 5.69 Å². The van der Waals surface area contributed by atoms with Crippen LogP contribution in [0.3, 0.4) is 0 Å². The first kappa shape index (κ1) is 14.9. The van der Waals surface area contributed by atoms with E-state index in [9.17, 15) is 0 Å². The van der Waals surface area contributed by atoms with Crippen molar-refractivity contribution in [3.05, 3.63) is 24.0 Å². The molecule has 1 aromatic heterocycles. The second-order valence-electron chi connectivity index (χ2n) is 4.01. The van der Waals surface area contributed by atoms with Crippen molar-refractivity contribution in [1.82, 2.24) is 10.3 Å². The quantitative estimate of drug-likeness (QED) is 0.708. The lowest BCUT2D eigenvalue weighted by Gasteiger charge is -2.24. The molecule has 0 amide bonds. The highest BCUT2D eigenvalue weighted by Gasteiger charge is 2.07. The number of aromatic nitrogens is 1. The molecule has 0 saturated heterocycles. The van der Waals surface area contributed by atoms with Crippen LogP contribution in [0.5, 0.6) is 0 Å². The molecule has 1 N–H and O–H groups in total. The van der Waals surface area contributed by atoms with E-state index in [-0.39, 0.29) is 0 Å². The van der Waals surface area contributed by atoms with E-state index in [4.69, 9.17) is 9.47 Å². The molecule has 0 unspecified atom stereocenters. The minimum atomic E-state index is 0.702. The van der Waals surface area contributed by atoms with Gasteiger partial charge in [-0.1, -0.05) is 0 Å². The minimum absolute atomic E-state index is 0.702. The van der Waals surface area contributed by atoms with E-state index < -0.39 is 0 Å². The lowest BCUT2D eigenvalue weighted by atomic mass is 10.2. The van der Waals surface area contributed by atoms with E-state index in [1.165, 1.54) is 0 Å². The average molecular weight is 253 g/mol. The summed E-state index contributed by atoms with van der Waals surface area (Å²) in [6.07, 6.45) is 1.84. The van der Waals surface area contributed by atoms with Gasteiger partial charge >= 0.3 is 0 Å². The number of anilines is 1. The van der Waals surface area contributed by atoms with Crippen molar-refractivity contribution in [2.75, 3.05) is 52.5 Å². The molecule has 0 aliphatic heterocycles. The Kier molecular flexibility index (Phi) is 7.32. The highest BCUT2D eigenvalue weighted by atomic mass is 16.5. The standard InChI is InChI=1S/C13H23N3O2/c1-14-11-12-10-13(4-5-15-12)16(6-8-17-2)7-9-18-3/h4-5,10,14H,6-9,11H2,1-3H3. The molecule has 102 valence electrons. The van der Waals surface area contributed by atoms with Gasteiger partial charge in [0.2, 0.25) is 0 Å². The number of hydrogen-bond acceptors (Lipinski definition) is 5. The number of nitrogens with zero attached hydrogens (tertiary/aromatic N) is 2. The summed E-state index contributed by atoms with van der Waals surface area (Å²) in [6.45, 7) is 3.88. The molecule has 18 heavy (non-hydrogen) atoms. The van der Waals surface area contributed by atoms with E-state index >= 15 is 0 Å². The molecule has 0 radical (unpaired) electrons. The molecule has 5 heteroatoms. The number of rotatable bonds is 9. The zero-order chi connectivity index (χ0) is 13.2. The number of hydrogen-bond donors (Lipinski definition) is 1. The highest BCUT2D eigenvalue weighted by molar-refractivity contribution is 5.46. The first-order valence-corrected chi connectivity index (χ1v) is 6.14. The van der Waals surface area contributed by atoms with Crippen molar-refractivity contribution in [3.8, 4) is 0 Å². The van der Waals surface area contributed by atoms with Gasteiger partial charge in [-0.2, -0.15) is 0 Å². The van der Waals surface area contributed by atoms with Crippen molar-refractivity contribution in [1.29, 1.82) is 0 Å². The Labute approximate surface area is 109 Å². The lowest BCUT2D eigenvalue weighted by molar-refractivity contribution is 0.190. The van der Waals surface area contributed by atoms with Crippen molar-refractivity contribution < 1.29 is 9.47 Å². The fraction of sp³-hybridized carbons (Fsp3) is 0.615. The molecule has 0 saturated carbocycles. The minimum Gasteiger partial charge on any atom is -0.383 e. The van der Waals surface area contributed by atoms with Crippen molar-refractivity contribution in [3.63, 3.8) is 0 Å². The first-order valence-electron chi connectivity index (χ1n) is 6.14. The smallest absolute Gasteiger partial charge is 0.0637 e. The maximum atomic E-state index is 5.14. The Morgan fingerprint density at radius 1 is 1.22 bits per heavy atom. The molecule has 1 rings (SSSR count). The zero-order valence-electron chi connectivity index (χ0n) is 11.5. The van der Waals surface area contributed by atoms with Crippen molar-refractivity contribution in [2.45, 2.75) is 6.54 Å². The summed E-state index contributed by atoms with van der Waals surface area (Å²) in [4.78, 5) is 6.56. The maximum absolute atomic E-state index is 5.14. The maximum Gasteiger partial charge on any atom is 0.0637 e. The molecule has 0 aromatic carbocycles. The average Bonchev–Trinajstić information content (AvgIpc) is 2.40. The van der Waals surface area contributed by atoms with E-state index in [1.54, 1.807) is 14.2 Å². The van der Waals surface area contributed by atoms with Gasteiger partial charge in [0.25, 0.3) is 0 Å². The molecular weight excluding hydrogens is 230 g/mol. The largest absolute Gasteiger partial charge is 0.383 e. The van der Waals surface area contributed by atoms with Gasteiger partial charge < -0.3 is 19.7 Å². The molecule has 0 aliphatic rings. The molecule has 0 atom stereocenters. The molecule has 1 aromatic rings. The van der Waals surface area contributed by atoms with Gasteiger partial charge in [-0.25, -0.2) is 0 Å². The van der Waals surface area contributed by atoms with Gasteiger partial charge in [0.1, 0.15) is 0 Å². The van der Waals surface area contributed by atoms with E-state index in [0.717, 1.165) is 31.0 Å². The number of pyridine rings is 1. The van der Waals surface area contributed by atoms with E-state index in [1.807, 2.05) is 19.3 Å². The van der Waals surface area contributed by atoms with Crippen LogP contribution in [0, 0.1) is 0 Å². The fourth-order valence-corrected chi connectivity index (χ4v) is 1.71. The summed E-state index contributed by atoms with van der Waals surface area (Å²) < 4.78 is 10.3. The first-order chi connectivity index (χ1) is 8.81. The third-order valence-electron chi connectivity index (χ3n) is 2.65. The third kappa shape index (κ3) is 5.00. The van der Waals surface area contributed by atoms with Gasteiger partial charge in [0.05, 0.1) is 18.9 Å². The van der Waals surface area contributed by atoms with Gasteiger partial charge in [-0.3, -0.25) is 4.98 Å². The van der Waals surface area contributed by atoms with Crippen LogP contribution in [-0.2, 0) is 16.0 Å². The molecule has 0 fully saturated rings. The zero-order valence-corrected chi connectivity index (χ0v) is 11.5. The Hall–Kier alpha value is -1.17. The van der Waals surface area contributed by atoms with Crippen LogP contribution >= 0.6 is 0 Å². The van der Waals surface area contributed by atoms with Gasteiger partial charge in [0.15, 0.2) is 0 Å². The summed E-state index contributed by atoms with van der Waals surface area (Å²) >= 11 is 0. The monoisotopic (exact) mass is 253 g/mol.